The minimum absolute atomic E-state index is 0.00623. The van der Waals surface area contributed by atoms with Crippen LogP contribution in [0.25, 0.3) is 0 Å². The molecule has 0 aromatic heterocycles. The molecule has 2 amide bonds. The molecule has 0 radical (unpaired) electrons. The lowest BCUT2D eigenvalue weighted by Gasteiger charge is -2.14. The quantitative estimate of drug-likeness (QED) is 0.403. The van der Waals surface area contributed by atoms with Gasteiger partial charge in [0.2, 0.25) is 5.91 Å². The zero-order chi connectivity index (χ0) is 25.4. The van der Waals surface area contributed by atoms with Crippen LogP contribution >= 0.6 is 11.6 Å². The maximum Gasteiger partial charge on any atom is 0.340 e. The van der Waals surface area contributed by atoms with E-state index in [-0.39, 0.29) is 17.0 Å². The second kappa shape index (κ2) is 11.8. The molecule has 2 N–H and O–H groups in total. The predicted octanol–water partition coefficient (Wildman–Crippen LogP) is 4.90. The van der Waals surface area contributed by atoms with Crippen molar-refractivity contribution in [3.8, 4) is 23.0 Å². The van der Waals surface area contributed by atoms with Crippen LogP contribution in [0, 0.1) is 0 Å². The fourth-order valence-corrected chi connectivity index (χ4v) is 3.18. The lowest BCUT2D eigenvalue weighted by Crippen LogP contribution is -2.22. The molecule has 0 bridgehead atoms. The third-order valence-electron chi connectivity index (χ3n) is 4.59. The number of hydrogen-bond donors (Lipinski definition) is 2. The third kappa shape index (κ3) is 6.87. The number of rotatable bonds is 9. The standard InChI is InChI=1S/C25H23ClN2O7/c1-15(29)27-20-13-23(33-3)22(32-2)12-18(20)25(31)34-14-24(30)28-16-8-10-17(11-9-16)35-21-7-5-4-6-19(21)26/h4-13H,14H2,1-3H3,(H,27,29)(H,28,30). The maximum atomic E-state index is 12.6. The molecule has 35 heavy (non-hydrogen) atoms. The van der Waals surface area contributed by atoms with Crippen LogP contribution in [0.1, 0.15) is 17.3 Å². The summed E-state index contributed by atoms with van der Waals surface area (Å²) < 4.78 is 21.2. The summed E-state index contributed by atoms with van der Waals surface area (Å²) in [6.45, 7) is 0.745. The Morgan fingerprint density at radius 2 is 1.51 bits per heavy atom. The van der Waals surface area contributed by atoms with E-state index in [0.29, 0.717) is 28.0 Å². The number of amides is 2. The van der Waals surface area contributed by atoms with Gasteiger partial charge in [0.25, 0.3) is 5.91 Å². The molecule has 0 saturated carbocycles. The van der Waals surface area contributed by atoms with Crippen molar-refractivity contribution < 1.29 is 33.3 Å². The number of halogens is 1. The molecule has 0 spiro atoms. The second-order valence-corrected chi connectivity index (χ2v) is 7.52. The summed E-state index contributed by atoms with van der Waals surface area (Å²) in [5.74, 6) is -0.170. The van der Waals surface area contributed by atoms with E-state index in [1.807, 2.05) is 0 Å². The van der Waals surface area contributed by atoms with Crippen LogP contribution in [0.15, 0.2) is 60.7 Å². The van der Waals surface area contributed by atoms with Crippen molar-refractivity contribution in [3.63, 3.8) is 0 Å². The zero-order valence-corrected chi connectivity index (χ0v) is 20.0. The molecule has 0 aliphatic carbocycles. The molecule has 3 aromatic rings. The number of carbonyl (C=O) groups excluding carboxylic acids is 3. The van der Waals surface area contributed by atoms with Gasteiger partial charge in [-0.05, 0) is 36.4 Å². The molecule has 3 aromatic carbocycles. The first kappa shape index (κ1) is 25.4. The predicted molar refractivity (Wildman–Crippen MR) is 131 cm³/mol. The van der Waals surface area contributed by atoms with E-state index in [1.165, 1.54) is 33.3 Å². The molecule has 0 aliphatic rings. The minimum atomic E-state index is -0.826. The Bertz CT molecular complexity index is 1230. The molecule has 0 unspecified atom stereocenters. The van der Waals surface area contributed by atoms with E-state index < -0.39 is 24.4 Å². The molecular formula is C25H23ClN2O7. The number of methoxy groups -OCH3 is 2. The van der Waals surface area contributed by atoms with Gasteiger partial charge in [-0.2, -0.15) is 0 Å². The molecular weight excluding hydrogens is 476 g/mol. The van der Waals surface area contributed by atoms with Crippen LogP contribution in [0.2, 0.25) is 5.02 Å². The topological polar surface area (TPSA) is 112 Å². The van der Waals surface area contributed by atoms with Crippen molar-refractivity contribution in [2.24, 2.45) is 0 Å². The number of benzene rings is 3. The summed E-state index contributed by atoms with van der Waals surface area (Å²) in [6.07, 6.45) is 0. The number of hydrogen-bond acceptors (Lipinski definition) is 7. The highest BCUT2D eigenvalue weighted by atomic mass is 35.5. The molecule has 0 atom stereocenters. The van der Waals surface area contributed by atoms with Crippen molar-refractivity contribution in [3.05, 3.63) is 71.2 Å². The van der Waals surface area contributed by atoms with Crippen molar-refractivity contribution >= 4 is 40.8 Å². The number of esters is 1. The number of para-hydroxylation sites is 1. The molecule has 0 fully saturated rings. The fraction of sp³-hybridized carbons (Fsp3) is 0.160. The molecule has 0 aliphatic heterocycles. The van der Waals surface area contributed by atoms with E-state index in [0.717, 1.165) is 0 Å². The summed E-state index contributed by atoms with van der Waals surface area (Å²) in [6, 6.07) is 16.4. The van der Waals surface area contributed by atoms with E-state index in [4.69, 9.17) is 30.5 Å². The van der Waals surface area contributed by atoms with E-state index in [2.05, 4.69) is 10.6 Å². The van der Waals surface area contributed by atoms with Gasteiger partial charge in [-0.1, -0.05) is 23.7 Å². The first-order valence-electron chi connectivity index (χ1n) is 10.3. The Kier molecular flexibility index (Phi) is 8.53. The summed E-state index contributed by atoms with van der Waals surface area (Å²) in [7, 11) is 2.83. The van der Waals surface area contributed by atoms with Crippen LogP contribution in [-0.4, -0.2) is 38.6 Å². The van der Waals surface area contributed by atoms with Crippen LogP contribution in [0.5, 0.6) is 23.0 Å². The highest BCUT2D eigenvalue weighted by Crippen LogP contribution is 2.34. The number of ether oxygens (including phenoxy) is 4. The second-order valence-electron chi connectivity index (χ2n) is 7.12. The maximum absolute atomic E-state index is 12.6. The Hall–Kier alpha value is -4.24. The third-order valence-corrected chi connectivity index (χ3v) is 4.90. The van der Waals surface area contributed by atoms with Gasteiger partial charge in [0.05, 0.1) is 30.5 Å². The van der Waals surface area contributed by atoms with Crippen molar-refractivity contribution in [1.29, 1.82) is 0 Å². The lowest BCUT2D eigenvalue weighted by atomic mass is 10.1. The zero-order valence-electron chi connectivity index (χ0n) is 19.2. The van der Waals surface area contributed by atoms with Gasteiger partial charge in [0.1, 0.15) is 11.5 Å². The van der Waals surface area contributed by atoms with Crippen LogP contribution < -0.4 is 24.8 Å². The first-order valence-corrected chi connectivity index (χ1v) is 10.7. The summed E-state index contributed by atoms with van der Waals surface area (Å²) in [5, 5.41) is 5.64. The molecule has 9 nitrogen and oxygen atoms in total. The van der Waals surface area contributed by atoms with Crippen molar-refractivity contribution in [2.45, 2.75) is 6.92 Å². The Morgan fingerprint density at radius 1 is 0.857 bits per heavy atom. The van der Waals surface area contributed by atoms with Crippen molar-refractivity contribution in [2.75, 3.05) is 31.5 Å². The van der Waals surface area contributed by atoms with E-state index in [1.54, 1.807) is 48.5 Å². The Balaban J connectivity index is 1.62. The Morgan fingerprint density at radius 3 is 2.14 bits per heavy atom. The molecule has 182 valence electrons. The highest BCUT2D eigenvalue weighted by molar-refractivity contribution is 6.32. The van der Waals surface area contributed by atoms with Crippen molar-refractivity contribution in [1.82, 2.24) is 0 Å². The fourth-order valence-electron chi connectivity index (χ4n) is 3.01. The summed E-state index contributed by atoms with van der Waals surface area (Å²) in [4.78, 5) is 36.5. The molecule has 0 heterocycles. The van der Waals surface area contributed by atoms with E-state index >= 15 is 0 Å². The SMILES string of the molecule is COc1cc(NC(C)=O)c(C(=O)OCC(=O)Nc2ccc(Oc3ccccc3Cl)cc2)cc1OC. The van der Waals surface area contributed by atoms with Gasteiger partial charge >= 0.3 is 5.97 Å². The van der Waals surface area contributed by atoms with Gasteiger partial charge in [-0.25, -0.2) is 4.79 Å². The summed E-state index contributed by atoms with van der Waals surface area (Å²) >= 11 is 6.09. The lowest BCUT2D eigenvalue weighted by molar-refractivity contribution is -0.119. The normalized spacial score (nSPS) is 10.2. The molecule has 0 saturated heterocycles. The van der Waals surface area contributed by atoms with Gasteiger partial charge in [0, 0.05) is 24.7 Å². The molecule has 10 heteroatoms. The van der Waals surface area contributed by atoms with Gasteiger partial charge in [-0.15, -0.1) is 0 Å². The average molecular weight is 499 g/mol. The molecule has 3 rings (SSSR count). The number of carbonyl (C=O) groups is 3. The smallest absolute Gasteiger partial charge is 0.340 e. The average Bonchev–Trinajstić information content (AvgIpc) is 2.84. The van der Waals surface area contributed by atoms with Gasteiger partial charge in [-0.3, -0.25) is 9.59 Å². The largest absolute Gasteiger partial charge is 0.493 e. The number of anilines is 2. The van der Waals surface area contributed by atoms with Gasteiger partial charge < -0.3 is 29.6 Å². The highest BCUT2D eigenvalue weighted by Gasteiger charge is 2.20. The van der Waals surface area contributed by atoms with Gasteiger partial charge in [0.15, 0.2) is 18.1 Å². The first-order chi connectivity index (χ1) is 16.8. The number of nitrogens with one attached hydrogen (secondary N) is 2. The summed E-state index contributed by atoms with van der Waals surface area (Å²) in [5.41, 5.74) is 0.643. The Labute approximate surface area is 206 Å². The van der Waals surface area contributed by atoms with Crippen LogP contribution in [-0.2, 0) is 14.3 Å². The van der Waals surface area contributed by atoms with E-state index in [9.17, 15) is 14.4 Å². The van der Waals surface area contributed by atoms with Crippen LogP contribution in [0.3, 0.4) is 0 Å². The minimum Gasteiger partial charge on any atom is -0.493 e. The monoisotopic (exact) mass is 498 g/mol. The van der Waals surface area contributed by atoms with Crippen LogP contribution in [0.4, 0.5) is 11.4 Å².